The number of nitrogens with zero attached hydrogens (tertiary/aromatic N) is 1. The number of hydrogen-bond acceptors (Lipinski definition) is 4. The molecule has 0 spiro atoms. The number of rotatable bonds is 5. The summed E-state index contributed by atoms with van der Waals surface area (Å²) in [6.45, 7) is 2.30. The van der Waals surface area contributed by atoms with Crippen LogP contribution in [-0.2, 0) is 20.9 Å². The number of morpholine rings is 1. The van der Waals surface area contributed by atoms with Gasteiger partial charge in [0.2, 0.25) is 5.91 Å². The van der Waals surface area contributed by atoms with Crippen molar-refractivity contribution >= 4 is 11.8 Å². The first-order chi connectivity index (χ1) is 14.4. The third-order valence-corrected chi connectivity index (χ3v) is 7.84. The van der Waals surface area contributed by atoms with Crippen LogP contribution in [0.25, 0.3) is 0 Å². The smallest absolute Gasteiger partial charge is 0.250 e. The molecular weight excluding hydrogens is 385 g/mol. The lowest BCUT2D eigenvalue weighted by Gasteiger charge is -2.59. The molecular formula is C23H30FN3O3. The monoisotopic (exact) mass is 415 g/mol. The van der Waals surface area contributed by atoms with E-state index in [1.807, 2.05) is 6.07 Å². The Morgan fingerprint density at radius 2 is 2.00 bits per heavy atom. The largest absolute Gasteiger partial charge is 0.369 e. The zero-order valence-electron chi connectivity index (χ0n) is 17.2. The minimum atomic E-state index is -0.519. The van der Waals surface area contributed by atoms with Crippen LogP contribution in [0.5, 0.6) is 0 Å². The molecule has 3 N–H and O–H groups in total. The van der Waals surface area contributed by atoms with Crippen LogP contribution in [0, 0.1) is 29.0 Å². The first-order valence-corrected chi connectivity index (χ1v) is 11.1. The number of halogens is 1. The maximum absolute atomic E-state index is 13.5. The fourth-order valence-corrected chi connectivity index (χ4v) is 6.72. The van der Waals surface area contributed by atoms with E-state index in [0.29, 0.717) is 37.5 Å². The minimum Gasteiger partial charge on any atom is -0.369 e. The highest BCUT2D eigenvalue weighted by Gasteiger charge is 2.58. The van der Waals surface area contributed by atoms with Gasteiger partial charge in [-0.25, -0.2) is 4.39 Å². The Balaban J connectivity index is 1.21. The molecule has 2 amide bonds. The van der Waals surface area contributed by atoms with Gasteiger partial charge in [-0.2, -0.15) is 0 Å². The summed E-state index contributed by atoms with van der Waals surface area (Å²) in [5.74, 6) is 0.765. The summed E-state index contributed by atoms with van der Waals surface area (Å²) in [5.41, 5.74) is 6.32. The summed E-state index contributed by atoms with van der Waals surface area (Å²) in [7, 11) is 0. The van der Waals surface area contributed by atoms with Crippen LogP contribution in [0.2, 0.25) is 0 Å². The summed E-state index contributed by atoms with van der Waals surface area (Å²) >= 11 is 0. The van der Waals surface area contributed by atoms with Gasteiger partial charge < -0.3 is 15.8 Å². The van der Waals surface area contributed by atoms with Crippen LogP contribution >= 0.6 is 0 Å². The van der Waals surface area contributed by atoms with E-state index in [0.717, 1.165) is 44.2 Å². The number of benzene rings is 1. The van der Waals surface area contributed by atoms with Gasteiger partial charge in [0.15, 0.2) is 0 Å². The molecule has 4 bridgehead atoms. The molecule has 6 nitrogen and oxygen atoms in total. The predicted octanol–water partition coefficient (Wildman–Crippen LogP) is 1.82. The molecule has 30 heavy (non-hydrogen) atoms. The number of hydrogen-bond donors (Lipinski definition) is 2. The van der Waals surface area contributed by atoms with Crippen LogP contribution in [0.4, 0.5) is 4.39 Å². The lowest BCUT2D eigenvalue weighted by molar-refractivity contribution is -0.151. The highest BCUT2D eigenvalue weighted by atomic mass is 19.1. The van der Waals surface area contributed by atoms with E-state index in [4.69, 9.17) is 10.5 Å². The Hall–Kier alpha value is -1.99. The lowest BCUT2D eigenvalue weighted by Crippen LogP contribution is -2.63. The van der Waals surface area contributed by atoms with Crippen molar-refractivity contribution in [2.45, 2.75) is 50.8 Å². The van der Waals surface area contributed by atoms with Crippen molar-refractivity contribution in [1.82, 2.24) is 10.2 Å². The summed E-state index contributed by atoms with van der Waals surface area (Å²) in [5, 5.41) is 3.28. The molecule has 1 aromatic rings. The molecule has 3 atom stereocenters. The molecule has 1 aliphatic heterocycles. The molecule has 3 unspecified atom stereocenters. The van der Waals surface area contributed by atoms with Crippen molar-refractivity contribution in [2.24, 2.45) is 28.9 Å². The Bertz CT molecular complexity index is 831. The van der Waals surface area contributed by atoms with E-state index < -0.39 is 6.10 Å². The van der Waals surface area contributed by atoms with Gasteiger partial charge in [-0.15, -0.1) is 0 Å². The van der Waals surface area contributed by atoms with E-state index >= 15 is 0 Å². The van der Waals surface area contributed by atoms with Gasteiger partial charge in [-0.05, 0) is 67.6 Å². The number of ether oxygens (including phenoxy) is 1. The van der Waals surface area contributed by atoms with Gasteiger partial charge >= 0.3 is 0 Å². The van der Waals surface area contributed by atoms with Crippen molar-refractivity contribution < 1.29 is 18.7 Å². The summed E-state index contributed by atoms with van der Waals surface area (Å²) in [4.78, 5) is 27.3. The second-order valence-electron chi connectivity index (χ2n) is 9.87. The second-order valence-corrected chi connectivity index (χ2v) is 9.87. The van der Waals surface area contributed by atoms with Gasteiger partial charge in [-0.3, -0.25) is 14.5 Å². The Kier molecular flexibility index (Phi) is 5.06. The maximum Gasteiger partial charge on any atom is 0.250 e. The van der Waals surface area contributed by atoms with Crippen LogP contribution < -0.4 is 11.1 Å². The highest BCUT2D eigenvalue weighted by Crippen LogP contribution is 2.59. The Morgan fingerprint density at radius 3 is 2.70 bits per heavy atom. The lowest BCUT2D eigenvalue weighted by atomic mass is 9.47. The quantitative estimate of drug-likeness (QED) is 0.768. The molecule has 162 valence electrons. The molecule has 1 saturated heterocycles. The van der Waals surface area contributed by atoms with E-state index in [1.165, 1.54) is 12.1 Å². The van der Waals surface area contributed by atoms with Gasteiger partial charge in [0, 0.05) is 31.1 Å². The molecule has 1 heterocycles. The second kappa shape index (κ2) is 7.61. The van der Waals surface area contributed by atoms with Gasteiger partial charge in [-0.1, -0.05) is 12.1 Å². The molecule has 0 aromatic heterocycles. The third-order valence-electron chi connectivity index (χ3n) is 7.84. The first kappa shape index (κ1) is 19.9. The van der Waals surface area contributed by atoms with Crippen LogP contribution in [0.3, 0.4) is 0 Å². The minimum absolute atomic E-state index is 0.0652. The normalized spacial score (nSPS) is 37.8. The van der Waals surface area contributed by atoms with E-state index in [-0.39, 0.29) is 29.1 Å². The fourth-order valence-electron chi connectivity index (χ4n) is 6.72. The number of primary amides is 1. The third kappa shape index (κ3) is 3.62. The predicted molar refractivity (Wildman–Crippen MR) is 109 cm³/mol. The van der Waals surface area contributed by atoms with Gasteiger partial charge in [0.05, 0.1) is 6.61 Å². The number of nitrogens with two attached hydrogens (primary N) is 1. The standard InChI is InChI=1S/C23H30FN3O3/c24-18-3-1-2-14(8-18)12-27-4-5-30-19(13-27)21(28)26-20-16-6-15-7-17(20)11-23(9-15,10-16)22(25)29/h1-3,8,15-17,19-20H,4-7,9-13H2,(H2,25,29)(H,26,28). The molecule has 4 saturated carbocycles. The summed E-state index contributed by atoms with van der Waals surface area (Å²) < 4.78 is 19.3. The van der Waals surface area contributed by atoms with Crippen LogP contribution in [0.1, 0.15) is 37.7 Å². The Morgan fingerprint density at radius 1 is 1.23 bits per heavy atom. The van der Waals surface area contributed by atoms with Crippen LogP contribution in [0.15, 0.2) is 24.3 Å². The molecule has 4 aliphatic carbocycles. The van der Waals surface area contributed by atoms with Crippen molar-refractivity contribution in [3.8, 4) is 0 Å². The maximum atomic E-state index is 13.5. The molecule has 5 aliphatic rings. The molecule has 6 rings (SSSR count). The van der Waals surface area contributed by atoms with Crippen molar-refractivity contribution in [3.63, 3.8) is 0 Å². The first-order valence-electron chi connectivity index (χ1n) is 11.1. The van der Waals surface area contributed by atoms with E-state index in [1.54, 1.807) is 6.07 Å². The zero-order valence-corrected chi connectivity index (χ0v) is 17.2. The topological polar surface area (TPSA) is 84.7 Å². The number of carbonyl (C=O) groups is 2. The molecule has 5 fully saturated rings. The molecule has 0 radical (unpaired) electrons. The number of carbonyl (C=O) groups excluding carboxylic acids is 2. The van der Waals surface area contributed by atoms with Gasteiger partial charge in [0.1, 0.15) is 11.9 Å². The van der Waals surface area contributed by atoms with Crippen molar-refractivity contribution in [1.29, 1.82) is 0 Å². The average molecular weight is 416 g/mol. The highest BCUT2D eigenvalue weighted by molar-refractivity contribution is 5.83. The number of amides is 2. The molecule has 1 aromatic carbocycles. The molecule has 7 heteroatoms. The van der Waals surface area contributed by atoms with E-state index in [9.17, 15) is 14.0 Å². The summed E-state index contributed by atoms with van der Waals surface area (Å²) in [6.07, 6.45) is 4.17. The van der Waals surface area contributed by atoms with Crippen LogP contribution in [-0.4, -0.2) is 48.6 Å². The Labute approximate surface area is 176 Å². The van der Waals surface area contributed by atoms with Crippen molar-refractivity contribution in [3.05, 3.63) is 35.6 Å². The van der Waals surface area contributed by atoms with E-state index in [2.05, 4.69) is 10.2 Å². The average Bonchev–Trinajstić information content (AvgIpc) is 2.70. The SMILES string of the molecule is NC(=O)C12CC3CC(C1)C(NC(=O)C1CN(Cc4cccc(F)c4)CCO1)C(C3)C2. The van der Waals surface area contributed by atoms with Crippen molar-refractivity contribution in [2.75, 3.05) is 19.7 Å². The van der Waals surface area contributed by atoms with Gasteiger partial charge in [0.25, 0.3) is 5.91 Å². The summed E-state index contributed by atoms with van der Waals surface area (Å²) in [6, 6.07) is 6.70. The number of nitrogens with one attached hydrogen (secondary N) is 1. The zero-order chi connectivity index (χ0) is 20.9. The fraction of sp³-hybridized carbons (Fsp3) is 0.652.